The molecule has 84 heavy (non-hydrogen) atoms. The number of nitrogens with zero attached hydrogens (tertiary/aromatic N) is 1. The molecule has 0 radical (unpaired) electrons. The third-order valence-corrected chi connectivity index (χ3v) is 13.1. The molecule has 1 heterocycles. The van der Waals surface area contributed by atoms with Crippen LogP contribution in [0.2, 0.25) is 0 Å². The molecule has 2 unspecified atom stereocenters. The molecule has 0 spiro atoms. The minimum Gasteiger partial charge on any atom is -0.444 e. The van der Waals surface area contributed by atoms with Crippen LogP contribution in [0.15, 0.2) is 12.2 Å². The molecular weight excluding hydrogens is 1090 g/mol. The first-order valence-electron chi connectivity index (χ1n) is 30.7. The van der Waals surface area contributed by atoms with Gasteiger partial charge in [0.1, 0.15) is 23.2 Å². The van der Waals surface area contributed by atoms with Gasteiger partial charge in [-0.25, -0.2) is 4.79 Å². The molecule has 2 atom stereocenters. The predicted molar refractivity (Wildman–Crippen MR) is 316 cm³/mol. The smallest absolute Gasteiger partial charge is 0.407 e. The number of likely N-dealkylation sites (N-methyl/N-ethyl adjacent to an activating group) is 1. The van der Waals surface area contributed by atoms with E-state index in [0.29, 0.717) is 202 Å². The summed E-state index contributed by atoms with van der Waals surface area (Å²) in [6, 6.07) is -1.33. The molecule has 0 aliphatic carbocycles. The van der Waals surface area contributed by atoms with E-state index in [4.69, 9.17) is 33.2 Å². The Morgan fingerprint density at radius 1 is 0.440 bits per heavy atom. The molecule has 482 valence electrons. The molecule has 0 aromatic carbocycles. The Morgan fingerprint density at radius 2 is 0.881 bits per heavy atom. The molecule has 0 aromatic heterocycles. The van der Waals surface area contributed by atoms with Crippen molar-refractivity contribution in [2.75, 3.05) is 120 Å². The molecule has 0 fully saturated rings. The van der Waals surface area contributed by atoms with Gasteiger partial charge in [0.15, 0.2) is 5.78 Å². The number of carbonyl (C=O) groups is 10. The highest BCUT2D eigenvalue weighted by molar-refractivity contribution is 6.12. The highest BCUT2D eigenvalue weighted by Gasteiger charge is 2.24. The van der Waals surface area contributed by atoms with E-state index < -0.39 is 23.8 Å². The Kier molecular flexibility index (Phi) is 46.6. The van der Waals surface area contributed by atoms with Crippen molar-refractivity contribution in [3.05, 3.63) is 12.2 Å². The first-order chi connectivity index (χ1) is 40.4. The maximum absolute atomic E-state index is 13.3. The van der Waals surface area contributed by atoms with Gasteiger partial charge in [-0.15, -0.1) is 0 Å². The van der Waals surface area contributed by atoms with Crippen LogP contribution in [-0.4, -0.2) is 201 Å². The van der Waals surface area contributed by atoms with Crippen LogP contribution < -0.4 is 31.9 Å². The van der Waals surface area contributed by atoms with E-state index >= 15 is 0 Å². The van der Waals surface area contributed by atoms with Crippen LogP contribution in [0.5, 0.6) is 0 Å². The van der Waals surface area contributed by atoms with Gasteiger partial charge in [0.25, 0.3) is 11.8 Å². The Hall–Kier alpha value is -5.24. The molecule has 1 aliphatic heterocycles. The summed E-state index contributed by atoms with van der Waals surface area (Å²) in [4.78, 5) is 124. The summed E-state index contributed by atoms with van der Waals surface area (Å²) in [5, 5.41) is 16.8. The van der Waals surface area contributed by atoms with Gasteiger partial charge in [0, 0.05) is 117 Å². The zero-order chi connectivity index (χ0) is 61.9. The Bertz CT molecular complexity index is 1900. The average molecular weight is 1200 g/mol. The summed E-state index contributed by atoms with van der Waals surface area (Å²) in [6.45, 7) is 12.4. The van der Waals surface area contributed by atoms with Gasteiger partial charge >= 0.3 is 6.09 Å². The fraction of sp³-hybridized carbons (Fsp3) is 0.800. The zero-order valence-corrected chi connectivity index (χ0v) is 51.5. The Labute approximate surface area is 499 Å². The first-order valence-corrected chi connectivity index (χ1v) is 30.7. The van der Waals surface area contributed by atoms with Crippen LogP contribution in [-0.2, 0) is 76.3 Å². The van der Waals surface area contributed by atoms with Crippen LogP contribution in [0.25, 0.3) is 0 Å². The standard InChI is InChI=1S/C60H105N7O17/c1-60(2,3)84-59(77)64-33-14-9-22-50(52(70)24-12-18-38-80-42-46-82-44-40-78-37-17-11-21-49(69)27-29-55(73)66-51(58(76)62-5)23-8-13-32-61-4)65-54(72)28-26-48(68)20-10-16-36-79-41-45-83-47-43-81-39-19-34-63-53(71)25-7-6-15-35-67-56(74)30-31-57(67)75/h30-31,50-51,61H,6-29,32-47H2,1-5H3,(H,62,76)(H,63,71)(H,64,77)(H,65,72)(H,66,73). The van der Waals surface area contributed by atoms with Crippen LogP contribution >= 0.6 is 0 Å². The lowest BCUT2D eigenvalue weighted by Gasteiger charge is -2.20. The van der Waals surface area contributed by atoms with Crippen molar-refractivity contribution in [2.45, 2.75) is 193 Å². The number of alkyl carbamates (subject to hydrolysis) is 1. The summed E-state index contributed by atoms with van der Waals surface area (Å²) in [5.41, 5.74) is -0.626. The van der Waals surface area contributed by atoms with E-state index in [-0.39, 0.29) is 84.9 Å². The van der Waals surface area contributed by atoms with Gasteiger partial charge in [0.05, 0.1) is 58.9 Å². The Morgan fingerprint density at radius 3 is 1.38 bits per heavy atom. The van der Waals surface area contributed by atoms with E-state index in [1.54, 1.807) is 20.8 Å². The maximum Gasteiger partial charge on any atom is 0.407 e. The number of ketones is 3. The highest BCUT2D eigenvalue weighted by Crippen LogP contribution is 2.12. The fourth-order valence-corrected chi connectivity index (χ4v) is 8.36. The molecule has 0 bridgehead atoms. The second-order valence-electron chi connectivity index (χ2n) is 21.6. The van der Waals surface area contributed by atoms with Crippen LogP contribution in [0.4, 0.5) is 4.79 Å². The number of carbonyl (C=O) groups excluding carboxylic acids is 10. The summed E-state index contributed by atoms with van der Waals surface area (Å²) < 4.78 is 38.9. The normalized spacial score (nSPS) is 12.9. The van der Waals surface area contributed by atoms with Crippen molar-refractivity contribution in [1.82, 2.24) is 36.8 Å². The lowest BCUT2D eigenvalue weighted by Crippen LogP contribution is -2.45. The van der Waals surface area contributed by atoms with Gasteiger partial charge in [0.2, 0.25) is 23.6 Å². The maximum atomic E-state index is 13.3. The van der Waals surface area contributed by atoms with Crippen molar-refractivity contribution in [1.29, 1.82) is 0 Å². The number of amides is 7. The summed E-state index contributed by atoms with van der Waals surface area (Å²) >= 11 is 0. The predicted octanol–water partition coefficient (Wildman–Crippen LogP) is 4.66. The van der Waals surface area contributed by atoms with E-state index in [9.17, 15) is 47.9 Å². The number of imide groups is 1. The summed E-state index contributed by atoms with van der Waals surface area (Å²) in [6.07, 6.45) is 13.9. The molecule has 1 rings (SSSR count). The molecule has 0 aromatic rings. The van der Waals surface area contributed by atoms with Crippen LogP contribution in [0, 0.1) is 0 Å². The number of rotatable bonds is 57. The van der Waals surface area contributed by atoms with Crippen molar-refractivity contribution < 1.29 is 81.1 Å². The van der Waals surface area contributed by atoms with Crippen molar-refractivity contribution >= 4 is 58.9 Å². The molecule has 1 aliphatic rings. The molecule has 7 amide bonds. The third kappa shape index (κ3) is 45.2. The van der Waals surface area contributed by atoms with E-state index in [1.807, 2.05) is 7.05 Å². The number of ether oxygens (including phenoxy) is 7. The number of Topliss-reactive ketones (excluding diaryl/α,β-unsaturated/α-hetero) is 3. The first kappa shape index (κ1) is 76.8. The minimum atomic E-state index is -0.722. The quantitative estimate of drug-likeness (QED) is 0.0356. The van der Waals surface area contributed by atoms with E-state index in [2.05, 4.69) is 31.9 Å². The van der Waals surface area contributed by atoms with Gasteiger partial charge in [-0.2, -0.15) is 0 Å². The molecule has 24 nitrogen and oxygen atoms in total. The van der Waals surface area contributed by atoms with E-state index in [1.165, 1.54) is 24.1 Å². The van der Waals surface area contributed by atoms with Crippen molar-refractivity contribution in [3.8, 4) is 0 Å². The second kappa shape index (κ2) is 51.0. The third-order valence-electron chi connectivity index (χ3n) is 13.1. The lowest BCUT2D eigenvalue weighted by molar-refractivity contribution is -0.137. The summed E-state index contributed by atoms with van der Waals surface area (Å²) in [7, 11) is 3.40. The van der Waals surface area contributed by atoms with Gasteiger partial charge < -0.3 is 65.1 Å². The topological polar surface area (TPSA) is 311 Å². The number of unbranched alkanes of at least 4 members (excludes halogenated alkanes) is 7. The number of hydrogen-bond acceptors (Lipinski definition) is 18. The highest BCUT2D eigenvalue weighted by atomic mass is 16.6. The zero-order valence-electron chi connectivity index (χ0n) is 51.5. The largest absolute Gasteiger partial charge is 0.444 e. The molecular formula is C60H105N7O17. The molecule has 24 heteroatoms. The fourth-order valence-electron chi connectivity index (χ4n) is 8.36. The summed E-state index contributed by atoms with van der Waals surface area (Å²) in [5.74, 6) is -1.68. The van der Waals surface area contributed by atoms with Gasteiger partial charge in [-0.05, 0) is 131 Å². The van der Waals surface area contributed by atoms with E-state index in [0.717, 1.165) is 25.8 Å². The van der Waals surface area contributed by atoms with Crippen molar-refractivity contribution in [2.24, 2.45) is 0 Å². The minimum absolute atomic E-state index is 0.00359. The SMILES string of the molecule is CNCCCCC(NC(=O)CCC(=O)CCCCOCCOCCOCCCCC(=O)C(CCCCNC(=O)OC(C)(C)C)NC(=O)CCC(=O)CCCCOCCOCCOCCCNC(=O)CCCCCN1C(=O)C=CC1=O)C(=O)NC. The number of nitrogens with one attached hydrogen (secondary N) is 6. The second-order valence-corrected chi connectivity index (χ2v) is 21.6. The van der Waals surface area contributed by atoms with Crippen LogP contribution in [0.3, 0.4) is 0 Å². The lowest BCUT2D eigenvalue weighted by atomic mass is 10.0. The molecule has 0 saturated carbocycles. The average Bonchev–Trinajstić information content (AvgIpc) is 4.05. The molecule has 0 saturated heterocycles. The van der Waals surface area contributed by atoms with Gasteiger partial charge in [-0.3, -0.25) is 48.1 Å². The monoisotopic (exact) mass is 1200 g/mol. The van der Waals surface area contributed by atoms with Crippen molar-refractivity contribution in [3.63, 3.8) is 0 Å². The Balaban J connectivity index is 2.17. The molecule has 6 N–H and O–H groups in total. The van der Waals surface area contributed by atoms with Gasteiger partial charge in [-0.1, -0.05) is 6.42 Å². The number of hydrogen-bond donors (Lipinski definition) is 6. The van der Waals surface area contributed by atoms with Crippen LogP contribution in [0.1, 0.15) is 175 Å².